The van der Waals surface area contributed by atoms with Gasteiger partial charge in [0.25, 0.3) is 5.56 Å². The van der Waals surface area contributed by atoms with Gasteiger partial charge in [-0.25, -0.2) is 9.18 Å². The number of hydrogen-bond acceptors (Lipinski definition) is 2. The van der Waals surface area contributed by atoms with Crippen molar-refractivity contribution in [2.75, 3.05) is 0 Å². The Morgan fingerprint density at radius 3 is 2.37 bits per heavy atom. The van der Waals surface area contributed by atoms with Gasteiger partial charge in [-0.05, 0) is 30.7 Å². The van der Waals surface area contributed by atoms with Crippen LogP contribution in [0.25, 0.3) is 11.1 Å². The zero-order valence-corrected chi connectivity index (χ0v) is 10.5. The van der Waals surface area contributed by atoms with Gasteiger partial charge in [0.05, 0.1) is 0 Å². The second kappa shape index (κ2) is 4.68. The maximum Gasteiger partial charge on any atom is 0.341 e. The fourth-order valence-electron chi connectivity index (χ4n) is 1.88. The average molecular weight is 261 g/mol. The predicted octanol–water partition coefficient (Wildman–Crippen LogP) is 2.20. The van der Waals surface area contributed by atoms with Gasteiger partial charge in [0.15, 0.2) is 0 Å². The van der Waals surface area contributed by atoms with Crippen molar-refractivity contribution in [1.29, 1.82) is 0 Å². The van der Waals surface area contributed by atoms with Crippen molar-refractivity contribution in [3.63, 3.8) is 0 Å². The van der Waals surface area contributed by atoms with Gasteiger partial charge in [-0.15, -0.1) is 0 Å². The molecule has 2 aromatic rings. The molecule has 0 amide bonds. The lowest BCUT2D eigenvalue weighted by molar-refractivity contribution is 0.0695. The summed E-state index contributed by atoms with van der Waals surface area (Å²) in [6.45, 7) is 1.71. The van der Waals surface area contributed by atoms with E-state index in [0.29, 0.717) is 16.8 Å². The minimum absolute atomic E-state index is 0.299. The van der Waals surface area contributed by atoms with Gasteiger partial charge in [0.2, 0.25) is 0 Å². The molecule has 1 N–H and O–H groups in total. The van der Waals surface area contributed by atoms with Crippen LogP contribution < -0.4 is 5.56 Å². The van der Waals surface area contributed by atoms with Crippen LogP contribution in [0, 0.1) is 12.7 Å². The molecule has 2 rings (SSSR count). The maximum absolute atomic E-state index is 12.9. The number of carboxylic acid groups (broad SMARTS) is 1. The van der Waals surface area contributed by atoms with Crippen LogP contribution in [0.15, 0.2) is 35.1 Å². The van der Waals surface area contributed by atoms with Crippen molar-refractivity contribution in [3.05, 3.63) is 57.8 Å². The summed E-state index contributed by atoms with van der Waals surface area (Å²) in [7, 11) is 1.51. The molecule has 0 spiro atoms. The summed E-state index contributed by atoms with van der Waals surface area (Å²) in [5.74, 6) is -1.71. The minimum Gasteiger partial charge on any atom is -0.477 e. The monoisotopic (exact) mass is 261 g/mol. The number of nitrogens with zero attached hydrogens (tertiary/aromatic N) is 1. The van der Waals surface area contributed by atoms with E-state index >= 15 is 0 Å². The fourth-order valence-corrected chi connectivity index (χ4v) is 1.88. The van der Waals surface area contributed by atoms with Crippen molar-refractivity contribution in [3.8, 4) is 11.1 Å². The summed E-state index contributed by atoms with van der Waals surface area (Å²) in [5.41, 5.74) is 0.550. The molecule has 1 aromatic carbocycles. The lowest BCUT2D eigenvalue weighted by atomic mass is 10.00. The number of aromatic nitrogens is 1. The summed E-state index contributed by atoms with van der Waals surface area (Å²) in [6.07, 6.45) is 0. The Bertz CT molecular complexity index is 702. The molecule has 0 aliphatic heterocycles. The number of hydrogen-bond donors (Lipinski definition) is 1. The summed E-state index contributed by atoms with van der Waals surface area (Å²) < 4.78 is 14.2. The fraction of sp³-hybridized carbons (Fsp3) is 0.143. The Balaban J connectivity index is 2.79. The van der Waals surface area contributed by atoms with Crippen LogP contribution in [0.4, 0.5) is 4.39 Å². The average Bonchev–Trinajstić information content (AvgIpc) is 2.36. The number of rotatable bonds is 2. The SMILES string of the molecule is Cc1cc(-c2ccc(F)cc2)c(C(=O)O)c(=O)n1C. The summed E-state index contributed by atoms with van der Waals surface area (Å²) in [4.78, 5) is 23.3. The molecule has 0 bridgehead atoms. The Labute approximate surface area is 108 Å². The van der Waals surface area contributed by atoms with E-state index in [0.717, 1.165) is 0 Å². The zero-order chi connectivity index (χ0) is 14.2. The normalized spacial score (nSPS) is 10.5. The molecule has 0 aliphatic rings. The highest BCUT2D eigenvalue weighted by molar-refractivity contribution is 5.95. The Morgan fingerprint density at radius 2 is 1.84 bits per heavy atom. The standard InChI is InChI=1S/C14H12FNO3/c1-8-7-11(9-3-5-10(15)6-4-9)12(14(18)19)13(17)16(8)2/h3-7H,1-2H3,(H,18,19). The molecule has 0 saturated heterocycles. The molecular formula is C14H12FNO3. The third-order valence-corrected chi connectivity index (χ3v) is 3.04. The first kappa shape index (κ1) is 13.0. The topological polar surface area (TPSA) is 59.3 Å². The molecule has 1 aromatic heterocycles. The third-order valence-electron chi connectivity index (χ3n) is 3.04. The molecule has 1 heterocycles. The van der Waals surface area contributed by atoms with E-state index in [2.05, 4.69) is 0 Å². The molecule has 19 heavy (non-hydrogen) atoms. The van der Waals surface area contributed by atoms with E-state index in [1.807, 2.05) is 0 Å². The molecule has 0 fully saturated rings. The quantitative estimate of drug-likeness (QED) is 0.901. The van der Waals surface area contributed by atoms with Crippen LogP contribution in [-0.2, 0) is 7.05 Å². The van der Waals surface area contributed by atoms with Crippen molar-refractivity contribution >= 4 is 5.97 Å². The lowest BCUT2D eigenvalue weighted by Crippen LogP contribution is -2.26. The summed E-state index contributed by atoms with van der Waals surface area (Å²) in [6, 6.07) is 6.98. The first-order valence-electron chi connectivity index (χ1n) is 5.61. The van der Waals surface area contributed by atoms with E-state index in [1.54, 1.807) is 13.0 Å². The number of pyridine rings is 1. The molecule has 5 heteroatoms. The second-order valence-corrected chi connectivity index (χ2v) is 4.25. The number of benzene rings is 1. The van der Waals surface area contributed by atoms with Gasteiger partial charge >= 0.3 is 5.97 Å². The van der Waals surface area contributed by atoms with E-state index in [4.69, 9.17) is 0 Å². The van der Waals surface area contributed by atoms with E-state index in [9.17, 15) is 19.1 Å². The van der Waals surface area contributed by atoms with Crippen LogP contribution in [0.5, 0.6) is 0 Å². The van der Waals surface area contributed by atoms with Gasteiger partial charge in [-0.1, -0.05) is 12.1 Å². The molecule has 0 atom stereocenters. The minimum atomic E-state index is -1.29. The molecule has 0 saturated carbocycles. The number of aromatic carboxylic acids is 1. The first-order chi connectivity index (χ1) is 8.91. The molecular weight excluding hydrogens is 249 g/mol. The van der Waals surface area contributed by atoms with Crippen LogP contribution in [0.3, 0.4) is 0 Å². The maximum atomic E-state index is 12.9. The van der Waals surface area contributed by atoms with Crippen molar-refractivity contribution in [2.24, 2.45) is 7.05 Å². The number of carboxylic acids is 1. The van der Waals surface area contributed by atoms with Crippen molar-refractivity contribution < 1.29 is 14.3 Å². The first-order valence-corrected chi connectivity index (χ1v) is 5.61. The number of carbonyl (C=O) groups is 1. The van der Waals surface area contributed by atoms with Crippen LogP contribution >= 0.6 is 0 Å². The summed E-state index contributed by atoms with van der Waals surface area (Å²) >= 11 is 0. The summed E-state index contributed by atoms with van der Waals surface area (Å²) in [5, 5.41) is 9.19. The van der Waals surface area contributed by atoms with Gasteiger partial charge < -0.3 is 9.67 Å². The number of aryl methyl sites for hydroxylation is 1. The van der Waals surface area contributed by atoms with E-state index in [1.165, 1.54) is 35.9 Å². The Kier molecular flexibility index (Phi) is 3.21. The highest BCUT2D eigenvalue weighted by Gasteiger charge is 2.18. The third kappa shape index (κ3) is 2.27. The highest BCUT2D eigenvalue weighted by Crippen LogP contribution is 2.23. The zero-order valence-electron chi connectivity index (χ0n) is 10.5. The van der Waals surface area contributed by atoms with Gasteiger partial charge in [-0.3, -0.25) is 4.79 Å². The number of halogens is 1. The molecule has 98 valence electrons. The Morgan fingerprint density at radius 1 is 1.26 bits per heavy atom. The highest BCUT2D eigenvalue weighted by atomic mass is 19.1. The van der Waals surface area contributed by atoms with E-state index in [-0.39, 0.29) is 5.56 Å². The van der Waals surface area contributed by atoms with Crippen molar-refractivity contribution in [2.45, 2.75) is 6.92 Å². The molecule has 4 nitrogen and oxygen atoms in total. The van der Waals surface area contributed by atoms with Crippen LogP contribution in [0.2, 0.25) is 0 Å². The predicted molar refractivity (Wildman–Crippen MR) is 68.8 cm³/mol. The van der Waals surface area contributed by atoms with Gasteiger partial charge in [-0.2, -0.15) is 0 Å². The van der Waals surface area contributed by atoms with Gasteiger partial charge in [0, 0.05) is 18.3 Å². The second-order valence-electron chi connectivity index (χ2n) is 4.25. The van der Waals surface area contributed by atoms with E-state index < -0.39 is 17.3 Å². The van der Waals surface area contributed by atoms with Crippen LogP contribution in [-0.4, -0.2) is 15.6 Å². The van der Waals surface area contributed by atoms with Crippen LogP contribution in [0.1, 0.15) is 16.1 Å². The Hall–Kier alpha value is -2.43. The van der Waals surface area contributed by atoms with Crippen molar-refractivity contribution in [1.82, 2.24) is 4.57 Å². The van der Waals surface area contributed by atoms with Gasteiger partial charge in [0.1, 0.15) is 11.4 Å². The largest absolute Gasteiger partial charge is 0.477 e. The molecule has 0 aliphatic carbocycles. The smallest absolute Gasteiger partial charge is 0.341 e. The lowest BCUT2D eigenvalue weighted by Gasteiger charge is -2.11. The molecule has 0 radical (unpaired) electrons. The molecule has 0 unspecified atom stereocenters.